The molecule has 0 saturated heterocycles. The van der Waals surface area contributed by atoms with Gasteiger partial charge in [-0.25, -0.2) is 0 Å². The minimum Gasteiger partial charge on any atom is -0.0987 e. The Morgan fingerprint density at radius 2 is 1.35 bits per heavy atom. The molecule has 1 aliphatic carbocycles. The molecule has 0 bridgehead atoms. The average molecular weight is 226 g/mol. The van der Waals surface area contributed by atoms with Crippen LogP contribution in [0.2, 0.25) is 0 Å². The molecule has 0 heterocycles. The number of hydrogen-bond acceptors (Lipinski definition) is 0. The van der Waals surface area contributed by atoms with Crippen molar-refractivity contribution in [2.75, 3.05) is 0 Å². The molecule has 0 heteroatoms. The fourth-order valence-corrected chi connectivity index (χ4v) is 2.46. The van der Waals surface area contributed by atoms with E-state index in [-0.39, 0.29) is 5.41 Å². The van der Waals surface area contributed by atoms with Crippen LogP contribution in [-0.2, 0) is 0 Å². The first-order valence-corrected chi connectivity index (χ1v) is 5.92. The first kappa shape index (κ1) is 13.5. The van der Waals surface area contributed by atoms with Crippen molar-refractivity contribution in [2.45, 2.75) is 27.7 Å². The monoisotopic (exact) mass is 226 g/mol. The van der Waals surface area contributed by atoms with E-state index < -0.39 is 0 Å². The van der Waals surface area contributed by atoms with Gasteiger partial charge >= 0.3 is 0 Å². The van der Waals surface area contributed by atoms with Crippen LogP contribution >= 0.6 is 0 Å². The molecule has 0 spiro atoms. The van der Waals surface area contributed by atoms with E-state index in [0.29, 0.717) is 0 Å². The smallest absolute Gasteiger partial charge is 0.0158 e. The highest BCUT2D eigenvalue weighted by atomic mass is 14.4. The third kappa shape index (κ3) is 2.12. The molecule has 0 aromatic rings. The third-order valence-corrected chi connectivity index (χ3v) is 3.26. The van der Waals surface area contributed by atoms with Crippen LogP contribution in [0.25, 0.3) is 0 Å². The van der Waals surface area contributed by atoms with Crippen molar-refractivity contribution < 1.29 is 0 Å². The maximum atomic E-state index is 3.93. The Morgan fingerprint density at radius 3 is 1.71 bits per heavy atom. The van der Waals surface area contributed by atoms with E-state index in [2.05, 4.69) is 53.5 Å². The minimum atomic E-state index is -0.0218. The topological polar surface area (TPSA) is 0 Å². The molecule has 17 heavy (non-hydrogen) atoms. The molecule has 0 atom stereocenters. The first-order valence-electron chi connectivity index (χ1n) is 5.92. The Bertz CT molecular complexity index is 458. The summed E-state index contributed by atoms with van der Waals surface area (Å²) in [4.78, 5) is 0. The van der Waals surface area contributed by atoms with E-state index in [1.165, 1.54) is 22.3 Å². The van der Waals surface area contributed by atoms with E-state index in [1.807, 2.05) is 18.2 Å². The van der Waals surface area contributed by atoms with Crippen LogP contribution in [0.4, 0.5) is 0 Å². The lowest BCUT2D eigenvalue weighted by atomic mass is 9.79. The predicted octanol–water partition coefficient (Wildman–Crippen LogP) is 5.14. The number of allylic oxidation sites excluding steroid dienone is 9. The molecule has 0 radical (unpaired) electrons. The van der Waals surface area contributed by atoms with Crippen LogP contribution in [0.15, 0.2) is 71.9 Å². The molecule has 0 unspecified atom stereocenters. The predicted molar refractivity (Wildman–Crippen MR) is 77.9 cm³/mol. The van der Waals surface area contributed by atoms with Crippen LogP contribution in [0.5, 0.6) is 0 Å². The lowest BCUT2D eigenvalue weighted by molar-refractivity contribution is 0.575. The Morgan fingerprint density at radius 1 is 0.882 bits per heavy atom. The average Bonchev–Trinajstić information content (AvgIpc) is 2.45. The summed E-state index contributed by atoms with van der Waals surface area (Å²) in [6, 6.07) is 0. The van der Waals surface area contributed by atoms with Gasteiger partial charge in [0.2, 0.25) is 0 Å². The van der Waals surface area contributed by atoms with Gasteiger partial charge in [-0.15, -0.1) is 0 Å². The summed E-state index contributed by atoms with van der Waals surface area (Å²) in [7, 11) is 0. The van der Waals surface area contributed by atoms with Gasteiger partial charge in [0.15, 0.2) is 0 Å². The summed E-state index contributed by atoms with van der Waals surface area (Å²) >= 11 is 0. The van der Waals surface area contributed by atoms with Gasteiger partial charge in [-0.3, -0.25) is 0 Å². The van der Waals surface area contributed by atoms with E-state index in [0.717, 1.165) is 5.57 Å². The van der Waals surface area contributed by atoms with Gasteiger partial charge in [0.05, 0.1) is 0 Å². The fourth-order valence-electron chi connectivity index (χ4n) is 2.46. The van der Waals surface area contributed by atoms with Crippen LogP contribution in [0.3, 0.4) is 0 Å². The van der Waals surface area contributed by atoms with Crippen LogP contribution in [0.1, 0.15) is 27.7 Å². The number of rotatable bonds is 4. The van der Waals surface area contributed by atoms with Crippen molar-refractivity contribution in [3.8, 4) is 0 Å². The molecule has 0 N–H and O–H groups in total. The molecule has 0 aromatic heterocycles. The SMILES string of the molecule is C=CC1=C(C=C)C(C)(C)C(C=C(C)C)=C1C=C. The van der Waals surface area contributed by atoms with Crippen molar-refractivity contribution in [3.63, 3.8) is 0 Å². The standard InChI is InChI=1S/C17H22/c1-8-13-14(9-2)16(11-12(4)5)17(6,7)15(13)10-3/h8-11H,1-3H2,4-7H3. The highest BCUT2D eigenvalue weighted by molar-refractivity contribution is 5.66. The quantitative estimate of drug-likeness (QED) is 0.622. The molecule has 1 rings (SSSR count). The minimum absolute atomic E-state index is 0.0218. The molecule has 0 fully saturated rings. The summed E-state index contributed by atoms with van der Waals surface area (Å²) < 4.78 is 0. The molecule has 0 aliphatic heterocycles. The summed E-state index contributed by atoms with van der Waals surface area (Å²) in [5.41, 5.74) is 6.15. The molecule has 0 amide bonds. The number of hydrogen-bond donors (Lipinski definition) is 0. The van der Waals surface area contributed by atoms with Crippen LogP contribution in [0, 0.1) is 5.41 Å². The molecular weight excluding hydrogens is 204 g/mol. The van der Waals surface area contributed by atoms with E-state index in [4.69, 9.17) is 0 Å². The van der Waals surface area contributed by atoms with Gasteiger partial charge < -0.3 is 0 Å². The molecule has 0 saturated carbocycles. The normalized spacial score (nSPS) is 18.1. The van der Waals surface area contributed by atoms with Crippen LogP contribution < -0.4 is 0 Å². The maximum absolute atomic E-state index is 3.93. The van der Waals surface area contributed by atoms with Gasteiger partial charge in [-0.1, -0.05) is 63.5 Å². The van der Waals surface area contributed by atoms with E-state index in [1.54, 1.807) is 0 Å². The molecule has 0 nitrogen and oxygen atoms in total. The second kappa shape index (κ2) is 4.75. The summed E-state index contributed by atoms with van der Waals surface area (Å²) in [6.45, 7) is 20.4. The van der Waals surface area contributed by atoms with E-state index >= 15 is 0 Å². The van der Waals surface area contributed by atoms with Crippen molar-refractivity contribution in [1.82, 2.24) is 0 Å². The Hall–Kier alpha value is -1.56. The second-order valence-corrected chi connectivity index (χ2v) is 5.11. The zero-order valence-electron chi connectivity index (χ0n) is 11.4. The van der Waals surface area contributed by atoms with Crippen molar-refractivity contribution in [1.29, 1.82) is 0 Å². The van der Waals surface area contributed by atoms with Crippen LogP contribution in [-0.4, -0.2) is 0 Å². The highest BCUT2D eigenvalue weighted by Gasteiger charge is 2.35. The Balaban J connectivity index is 3.59. The summed E-state index contributed by atoms with van der Waals surface area (Å²) in [6.07, 6.45) is 8.00. The lowest BCUT2D eigenvalue weighted by Gasteiger charge is -2.24. The lowest BCUT2D eigenvalue weighted by Crippen LogP contribution is -2.13. The molecular formula is C17H22. The van der Waals surface area contributed by atoms with E-state index in [9.17, 15) is 0 Å². The second-order valence-electron chi connectivity index (χ2n) is 5.11. The zero-order valence-corrected chi connectivity index (χ0v) is 11.4. The Kier molecular flexibility index (Phi) is 3.77. The maximum Gasteiger partial charge on any atom is 0.0158 e. The van der Waals surface area contributed by atoms with Gasteiger partial charge in [0.1, 0.15) is 0 Å². The highest BCUT2D eigenvalue weighted by Crippen LogP contribution is 2.48. The molecule has 90 valence electrons. The molecule has 0 aromatic carbocycles. The van der Waals surface area contributed by atoms with Gasteiger partial charge in [-0.2, -0.15) is 0 Å². The Labute approximate surface area is 105 Å². The van der Waals surface area contributed by atoms with Crippen molar-refractivity contribution >= 4 is 0 Å². The van der Waals surface area contributed by atoms with Gasteiger partial charge in [0.25, 0.3) is 0 Å². The third-order valence-electron chi connectivity index (χ3n) is 3.26. The summed E-state index contributed by atoms with van der Waals surface area (Å²) in [5, 5.41) is 0. The fraction of sp³-hybridized carbons (Fsp3) is 0.294. The first-order chi connectivity index (χ1) is 7.89. The van der Waals surface area contributed by atoms with Crippen molar-refractivity contribution in [3.05, 3.63) is 71.9 Å². The molecule has 1 aliphatic rings. The summed E-state index contributed by atoms with van der Waals surface area (Å²) in [5.74, 6) is 0. The zero-order chi connectivity index (χ0) is 13.2. The van der Waals surface area contributed by atoms with Crippen molar-refractivity contribution in [2.24, 2.45) is 5.41 Å². The van der Waals surface area contributed by atoms with Gasteiger partial charge in [0, 0.05) is 5.41 Å². The van der Waals surface area contributed by atoms with Gasteiger partial charge in [-0.05, 0) is 36.1 Å². The largest absolute Gasteiger partial charge is 0.0987 e.